The second-order valence-electron chi connectivity index (χ2n) is 5.73. The SMILES string of the molecule is CCCCN1CCC[C@]2(CCC(=O)N2C)CC1. The number of nitrogens with zero attached hydrogens (tertiary/aromatic N) is 2. The molecule has 0 aromatic rings. The minimum absolute atomic E-state index is 0.206. The largest absolute Gasteiger partial charge is 0.340 e. The minimum atomic E-state index is 0.206. The summed E-state index contributed by atoms with van der Waals surface area (Å²) in [5, 5.41) is 0. The van der Waals surface area contributed by atoms with Crippen molar-refractivity contribution >= 4 is 5.91 Å². The molecule has 98 valence electrons. The molecule has 0 aromatic carbocycles. The molecular weight excluding hydrogens is 212 g/mol. The van der Waals surface area contributed by atoms with Gasteiger partial charge in [-0.3, -0.25) is 4.79 Å². The van der Waals surface area contributed by atoms with Gasteiger partial charge in [0, 0.05) is 25.6 Å². The van der Waals surface area contributed by atoms with E-state index in [1.807, 2.05) is 7.05 Å². The summed E-state index contributed by atoms with van der Waals surface area (Å²) in [6.45, 7) is 5.90. The van der Waals surface area contributed by atoms with Gasteiger partial charge >= 0.3 is 0 Å². The van der Waals surface area contributed by atoms with E-state index in [1.165, 1.54) is 51.7 Å². The summed E-state index contributed by atoms with van der Waals surface area (Å²) in [6.07, 6.45) is 8.08. The molecule has 0 aliphatic carbocycles. The molecule has 2 heterocycles. The van der Waals surface area contributed by atoms with E-state index in [9.17, 15) is 4.79 Å². The fourth-order valence-corrected chi connectivity index (χ4v) is 3.37. The molecule has 17 heavy (non-hydrogen) atoms. The van der Waals surface area contributed by atoms with Gasteiger partial charge in [-0.25, -0.2) is 0 Å². The van der Waals surface area contributed by atoms with Gasteiger partial charge < -0.3 is 9.80 Å². The number of carbonyl (C=O) groups is 1. The Morgan fingerprint density at radius 1 is 1.24 bits per heavy atom. The van der Waals surface area contributed by atoms with Gasteiger partial charge in [-0.1, -0.05) is 13.3 Å². The van der Waals surface area contributed by atoms with Crippen molar-refractivity contribution in [2.24, 2.45) is 0 Å². The maximum atomic E-state index is 11.7. The van der Waals surface area contributed by atoms with Gasteiger partial charge in [0.25, 0.3) is 0 Å². The Bertz CT molecular complexity index is 279. The first-order valence-electron chi connectivity index (χ1n) is 7.17. The van der Waals surface area contributed by atoms with E-state index in [1.54, 1.807) is 0 Å². The van der Waals surface area contributed by atoms with Gasteiger partial charge in [0.2, 0.25) is 5.91 Å². The van der Waals surface area contributed by atoms with E-state index in [4.69, 9.17) is 0 Å². The third-order valence-corrected chi connectivity index (χ3v) is 4.73. The zero-order valence-corrected chi connectivity index (χ0v) is 11.4. The Balaban J connectivity index is 1.93. The van der Waals surface area contributed by atoms with Crippen LogP contribution in [-0.4, -0.2) is 47.9 Å². The Morgan fingerprint density at radius 3 is 2.71 bits per heavy atom. The molecule has 0 N–H and O–H groups in total. The van der Waals surface area contributed by atoms with Crippen LogP contribution in [0.3, 0.4) is 0 Å². The second kappa shape index (κ2) is 5.38. The predicted molar refractivity (Wildman–Crippen MR) is 69.9 cm³/mol. The molecule has 2 saturated heterocycles. The maximum absolute atomic E-state index is 11.7. The van der Waals surface area contributed by atoms with Crippen LogP contribution in [0.2, 0.25) is 0 Å². The van der Waals surface area contributed by atoms with Crippen molar-refractivity contribution in [3.05, 3.63) is 0 Å². The fraction of sp³-hybridized carbons (Fsp3) is 0.929. The third kappa shape index (κ3) is 2.65. The fourth-order valence-electron chi connectivity index (χ4n) is 3.37. The highest BCUT2D eigenvalue weighted by Crippen LogP contribution is 2.37. The average molecular weight is 238 g/mol. The Hall–Kier alpha value is -0.570. The van der Waals surface area contributed by atoms with Crippen molar-refractivity contribution in [2.75, 3.05) is 26.7 Å². The lowest BCUT2D eigenvalue weighted by Gasteiger charge is -2.35. The minimum Gasteiger partial charge on any atom is -0.340 e. The van der Waals surface area contributed by atoms with Crippen molar-refractivity contribution in [3.63, 3.8) is 0 Å². The van der Waals surface area contributed by atoms with Crippen LogP contribution in [0.4, 0.5) is 0 Å². The zero-order chi connectivity index (χ0) is 12.3. The summed E-state index contributed by atoms with van der Waals surface area (Å²) in [7, 11) is 2.01. The summed E-state index contributed by atoms with van der Waals surface area (Å²) >= 11 is 0. The average Bonchev–Trinajstić information content (AvgIpc) is 2.55. The molecule has 0 aromatic heterocycles. The Morgan fingerprint density at radius 2 is 2.06 bits per heavy atom. The summed E-state index contributed by atoms with van der Waals surface area (Å²) in [5.41, 5.74) is 0.206. The molecule has 0 bridgehead atoms. The first kappa shape index (κ1) is 12.9. The standard InChI is InChI=1S/C14H26N2O/c1-3-4-10-16-11-5-7-14(9-12-16)8-6-13(17)15(14)2/h3-12H2,1-2H3/t14-/m0/s1. The first-order chi connectivity index (χ1) is 8.18. The van der Waals surface area contributed by atoms with Crippen LogP contribution in [-0.2, 0) is 4.79 Å². The van der Waals surface area contributed by atoms with E-state index in [0.717, 1.165) is 12.8 Å². The van der Waals surface area contributed by atoms with Crippen LogP contribution in [0.15, 0.2) is 0 Å². The highest BCUT2D eigenvalue weighted by atomic mass is 16.2. The number of likely N-dealkylation sites (tertiary alicyclic amines) is 2. The van der Waals surface area contributed by atoms with Gasteiger partial charge in [0.15, 0.2) is 0 Å². The molecule has 3 heteroatoms. The molecule has 2 aliphatic heterocycles. The van der Waals surface area contributed by atoms with Gasteiger partial charge in [0.05, 0.1) is 0 Å². The smallest absolute Gasteiger partial charge is 0.222 e. The quantitative estimate of drug-likeness (QED) is 0.753. The molecule has 0 saturated carbocycles. The van der Waals surface area contributed by atoms with E-state index >= 15 is 0 Å². The number of rotatable bonds is 3. The summed E-state index contributed by atoms with van der Waals surface area (Å²) in [4.78, 5) is 16.4. The van der Waals surface area contributed by atoms with Gasteiger partial charge in [0.1, 0.15) is 0 Å². The lowest BCUT2D eigenvalue weighted by atomic mass is 9.88. The van der Waals surface area contributed by atoms with E-state index in [-0.39, 0.29) is 5.54 Å². The van der Waals surface area contributed by atoms with Gasteiger partial charge in [-0.05, 0) is 45.2 Å². The third-order valence-electron chi connectivity index (χ3n) is 4.73. The highest BCUT2D eigenvalue weighted by Gasteiger charge is 2.43. The van der Waals surface area contributed by atoms with E-state index in [0.29, 0.717) is 5.91 Å². The van der Waals surface area contributed by atoms with Crippen molar-refractivity contribution < 1.29 is 4.79 Å². The zero-order valence-electron chi connectivity index (χ0n) is 11.4. The van der Waals surface area contributed by atoms with Gasteiger partial charge in [-0.15, -0.1) is 0 Å². The predicted octanol–water partition coefficient (Wildman–Crippen LogP) is 2.26. The van der Waals surface area contributed by atoms with Crippen LogP contribution in [0.5, 0.6) is 0 Å². The molecule has 2 rings (SSSR count). The van der Waals surface area contributed by atoms with E-state index < -0.39 is 0 Å². The Labute approximate surface area is 105 Å². The number of hydrogen-bond donors (Lipinski definition) is 0. The van der Waals surface area contributed by atoms with Crippen LogP contribution in [0, 0.1) is 0 Å². The van der Waals surface area contributed by atoms with Crippen LogP contribution in [0.1, 0.15) is 51.9 Å². The maximum Gasteiger partial charge on any atom is 0.222 e. The van der Waals surface area contributed by atoms with Crippen molar-refractivity contribution in [2.45, 2.75) is 57.4 Å². The lowest BCUT2D eigenvalue weighted by molar-refractivity contribution is -0.129. The van der Waals surface area contributed by atoms with Crippen molar-refractivity contribution in [3.8, 4) is 0 Å². The molecule has 2 fully saturated rings. The normalized spacial score (nSPS) is 31.2. The van der Waals surface area contributed by atoms with Crippen molar-refractivity contribution in [1.29, 1.82) is 0 Å². The lowest BCUT2D eigenvalue weighted by Crippen LogP contribution is -2.43. The first-order valence-corrected chi connectivity index (χ1v) is 7.17. The van der Waals surface area contributed by atoms with Gasteiger partial charge in [-0.2, -0.15) is 0 Å². The van der Waals surface area contributed by atoms with Crippen LogP contribution < -0.4 is 0 Å². The molecule has 1 amide bonds. The van der Waals surface area contributed by atoms with Crippen LogP contribution in [0.25, 0.3) is 0 Å². The number of amides is 1. The monoisotopic (exact) mass is 238 g/mol. The molecule has 0 radical (unpaired) electrons. The summed E-state index contributed by atoms with van der Waals surface area (Å²) in [6, 6.07) is 0. The second-order valence-corrected chi connectivity index (χ2v) is 5.73. The van der Waals surface area contributed by atoms with E-state index in [2.05, 4.69) is 16.7 Å². The molecule has 1 atom stereocenters. The summed E-state index contributed by atoms with van der Waals surface area (Å²) < 4.78 is 0. The number of carbonyl (C=O) groups excluding carboxylic acids is 1. The molecule has 0 unspecified atom stereocenters. The highest BCUT2D eigenvalue weighted by molar-refractivity contribution is 5.79. The Kier molecular flexibility index (Phi) is 4.08. The topological polar surface area (TPSA) is 23.6 Å². The molecule has 3 nitrogen and oxygen atoms in total. The van der Waals surface area contributed by atoms with Crippen LogP contribution >= 0.6 is 0 Å². The molecular formula is C14H26N2O. The number of hydrogen-bond acceptors (Lipinski definition) is 2. The van der Waals surface area contributed by atoms with Crippen molar-refractivity contribution in [1.82, 2.24) is 9.80 Å². The molecule has 2 aliphatic rings. The number of unbranched alkanes of at least 4 members (excludes halogenated alkanes) is 1. The molecule has 1 spiro atoms. The summed E-state index contributed by atoms with van der Waals surface area (Å²) in [5.74, 6) is 0.354.